The Morgan fingerprint density at radius 3 is 2.44 bits per heavy atom. The van der Waals surface area contributed by atoms with Crippen LogP contribution in [0.25, 0.3) is 11.1 Å². The first kappa shape index (κ1) is 10.4. The van der Waals surface area contributed by atoms with Gasteiger partial charge >= 0.3 is 0 Å². The zero-order chi connectivity index (χ0) is 11.5. The molecule has 0 aliphatic heterocycles. The molecule has 2 aromatic heterocycles. The van der Waals surface area contributed by atoms with Gasteiger partial charge in [0.1, 0.15) is 5.82 Å². The van der Waals surface area contributed by atoms with Gasteiger partial charge in [-0.1, -0.05) is 0 Å². The molecule has 0 radical (unpaired) electrons. The van der Waals surface area contributed by atoms with Crippen LogP contribution in [0.3, 0.4) is 0 Å². The quantitative estimate of drug-likeness (QED) is 0.832. The predicted molar refractivity (Wildman–Crippen MR) is 63.2 cm³/mol. The van der Waals surface area contributed by atoms with Gasteiger partial charge in [0.25, 0.3) is 0 Å². The van der Waals surface area contributed by atoms with Gasteiger partial charge in [0.15, 0.2) is 0 Å². The Balaban J connectivity index is 2.38. The maximum Gasteiger partial charge on any atom is 0.212 e. The van der Waals surface area contributed by atoms with Gasteiger partial charge in [0, 0.05) is 29.6 Å². The number of rotatable bonds is 2. The lowest BCUT2D eigenvalue weighted by atomic mass is 10.1. The van der Waals surface area contributed by atoms with E-state index >= 15 is 0 Å². The highest BCUT2D eigenvalue weighted by atomic mass is 16.5. The number of aryl methyl sites for hydroxylation is 1. The van der Waals surface area contributed by atoms with Crippen LogP contribution in [0.5, 0.6) is 5.88 Å². The molecule has 2 aromatic rings. The van der Waals surface area contributed by atoms with Crippen molar-refractivity contribution in [3.8, 4) is 17.0 Å². The number of pyridine rings is 2. The highest BCUT2D eigenvalue weighted by Gasteiger charge is 2.02. The summed E-state index contributed by atoms with van der Waals surface area (Å²) in [6, 6.07) is 5.76. The van der Waals surface area contributed by atoms with Crippen LogP contribution < -0.4 is 10.5 Å². The zero-order valence-electron chi connectivity index (χ0n) is 9.27. The van der Waals surface area contributed by atoms with E-state index in [4.69, 9.17) is 10.5 Å². The van der Waals surface area contributed by atoms with E-state index in [1.807, 2.05) is 25.1 Å². The molecular formula is C12H13N3O. The van der Waals surface area contributed by atoms with Gasteiger partial charge in [-0.25, -0.2) is 9.97 Å². The maximum atomic E-state index is 5.67. The van der Waals surface area contributed by atoms with Gasteiger partial charge in [0.2, 0.25) is 5.88 Å². The molecule has 0 spiro atoms. The van der Waals surface area contributed by atoms with Crippen molar-refractivity contribution in [3.05, 3.63) is 36.2 Å². The van der Waals surface area contributed by atoms with E-state index in [1.165, 1.54) is 0 Å². The third kappa shape index (κ3) is 1.95. The smallest absolute Gasteiger partial charge is 0.212 e. The van der Waals surface area contributed by atoms with Crippen LogP contribution in [0.4, 0.5) is 5.82 Å². The zero-order valence-corrected chi connectivity index (χ0v) is 9.27. The van der Waals surface area contributed by atoms with Crippen molar-refractivity contribution < 1.29 is 4.74 Å². The van der Waals surface area contributed by atoms with Crippen molar-refractivity contribution in [2.45, 2.75) is 6.92 Å². The van der Waals surface area contributed by atoms with E-state index in [2.05, 4.69) is 9.97 Å². The van der Waals surface area contributed by atoms with Crippen LogP contribution in [0.2, 0.25) is 0 Å². The van der Waals surface area contributed by atoms with Gasteiger partial charge in [-0.2, -0.15) is 0 Å². The molecule has 2 rings (SSSR count). The molecule has 0 aliphatic rings. The molecule has 0 aliphatic carbocycles. The third-order valence-corrected chi connectivity index (χ3v) is 2.40. The Kier molecular flexibility index (Phi) is 2.72. The second kappa shape index (κ2) is 4.18. The molecule has 2 N–H and O–H groups in total. The van der Waals surface area contributed by atoms with Gasteiger partial charge in [-0.05, 0) is 24.6 Å². The van der Waals surface area contributed by atoms with E-state index in [0.29, 0.717) is 11.7 Å². The molecule has 0 unspecified atom stereocenters. The van der Waals surface area contributed by atoms with Crippen LogP contribution in [0, 0.1) is 6.92 Å². The van der Waals surface area contributed by atoms with Crippen molar-refractivity contribution in [2.75, 3.05) is 12.8 Å². The second-order valence-electron chi connectivity index (χ2n) is 3.52. The van der Waals surface area contributed by atoms with Crippen LogP contribution in [-0.4, -0.2) is 17.1 Å². The molecule has 0 bridgehead atoms. The highest BCUT2D eigenvalue weighted by molar-refractivity contribution is 5.64. The largest absolute Gasteiger partial charge is 0.481 e. The Morgan fingerprint density at radius 1 is 1.12 bits per heavy atom. The van der Waals surface area contributed by atoms with E-state index in [0.717, 1.165) is 16.7 Å². The number of nitrogen functional groups attached to an aromatic ring is 1. The fourth-order valence-electron chi connectivity index (χ4n) is 1.42. The molecule has 0 amide bonds. The molecule has 16 heavy (non-hydrogen) atoms. The van der Waals surface area contributed by atoms with E-state index < -0.39 is 0 Å². The first-order valence-corrected chi connectivity index (χ1v) is 4.93. The fraction of sp³-hybridized carbons (Fsp3) is 0.167. The first-order valence-electron chi connectivity index (χ1n) is 4.93. The Hall–Kier alpha value is -2.10. The number of nitrogens with zero attached hydrogens (tertiary/aromatic N) is 2. The molecule has 82 valence electrons. The van der Waals surface area contributed by atoms with Crippen LogP contribution in [0.15, 0.2) is 30.6 Å². The minimum atomic E-state index is 0.560. The van der Waals surface area contributed by atoms with Crippen molar-refractivity contribution in [2.24, 2.45) is 0 Å². The summed E-state index contributed by atoms with van der Waals surface area (Å²) in [6.07, 6.45) is 3.50. The lowest BCUT2D eigenvalue weighted by molar-refractivity contribution is 0.398. The van der Waals surface area contributed by atoms with Gasteiger partial charge < -0.3 is 10.5 Å². The Bertz CT molecular complexity index is 494. The normalized spacial score (nSPS) is 10.1. The Morgan fingerprint density at radius 2 is 1.88 bits per heavy atom. The number of nitrogens with two attached hydrogens (primary N) is 1. The molecule has 0 atom stereocenters. The second-order valence-corrected chi connectivity index (χ2v) is 3.52. The minimum Gasteiger partial charge on any atom is -0.481 e. The number of methoxy groups -OCH3 is 1. The minimum absolute atomic E-state index is 0.560. The molecule has 0 saturated carbocycles. The average molecular weight is 215 g/mol. The van der Waals surface area contributed by atoms with Gasteiger partial charge in [0.05, 0.1) is 7.11 Å². The van der Waals surface area contributed by atoms with Crippen molar-refractivity contribution in [1.82, 2.24) is 9.97 Å². The molecule has 4 nitrogen and oxygen atoms in total. The number of aromatic nitrogens is 2. The van der Waals surface area contributed by atoms with Crippen LogP contribution in [0.1, 0.15) is 5.56 Å². The summed E-state index contributed by atoms with van der Waals surface area (Å²) < 4.78 is 5.00. The summed E-state index contributed by atoms with van der Waals surface area (Å²) in [5.74, 6) is 1.16. The van der Waals surface area contributed by atoms with Gasteiger partial charge in [-0.15, -0.1) is 0 Å². The fourth-order valence-corrected chi connectivity index (χ4v) is 1.42. The van der Waals surface area contributed by atoms with E-state index in [9.17, 15) is 0 Å². The SMILES string of the molecule is COc1ccc(-c2cnc(N)c(C)c2)cn1. The lowest BCUT2D eigenvalue weighted by Crippen LogP contribution is -1.94. The lowest BCUT2D eigenvalue weighted by Gasteiger charge is -2.05. The van der Waals surface area contributed by atoms with E-state index in [-0.39, 0.29) is 0 Å². The predicted octanol–water partition coefficient (Wildman–Crippen LogP) is 2.04. The Labute approximate surface area is 94.1 Å². The summed E-state index contributed by atoms with van der Waals surface area (Å²) in [5, 5.41) is 0. The summed E-state index contributed by atoms with van der Waals surface area (Å²) in [4.78, 5) is 8.26. The van der Waals surface area contributed by atoms with Crippen molar-refractivity contribution in [1.29, 1.82) is 0 Å². The van der Waals surface area contributed by atoms with Crippen LogP contribution >= 0.6 is 0 Å². The molecule has 2 heterocycles. The molecule has 0 aromatic carbocycles. The summed E-state index contributed by atoms with van der Waals surface area (Å²) in [5.41, 5.74) is 8.63. The molecule has 4 heteroatoms. The summed E-state index contributed by atoms with van der Waals surface area (Å²) >= 11 is 0. The highest BCUT2D eigenvalue weighted by Crippen LogP contribution is 2.22. The standard InChI is InChI=1S/C12H13N3O/c1-8-5-10(7-15-12(8)13)9-3-4-11(16-2)14-6-9/h3-7H,1-2H3,(H2,13,15). The first-order chi connectivity index (χ1) is 7.70. The number of anilines is 1. The number of hydrogen-bond acceptors (Lipinski definition) is 4. The molecule has 0 saturated heterocycles. The molecular weight excluding hydrogens is 202 g/mol. The van der Waals surface area contributed by atoms with Crippen LogP contribution in [-0.2, 0) is 0 Å². The topological polar surface area (TPSA) is 61.0 Å². The maximum absolute atomic E-state index is 5.67. The third-order valence-electron chi connectivity index (χ3n) is 2.40. The monoisotopic (exact) mass is 215 g/mol. The average Bonchev–Trinajstić information content (AvgIpc) is 2.33. The van der Waals surface area contributed by atoms with Crippen molar-refractivity contribution in [3.63, 3.8) is 0 Å². The van der Waals surface area contributed by atoms with Crippen molar-refractivity contribution >= 4 is 5.82 Å². The summed E-state index contributed by atoms with van der Waals surface area (Å²) in [7, 11) is 1.59. The number of hydrogen-bond donors (Lipinski definition) is 1. The summed E-state index contributed by atoms with van der Waals surface area (Å²) in [6.45, 7) is 1.93. The van der Waals surface area contributed by atoms with E-state index in [1.54, 1.807) is 19.5 Å². The van der Waals surface area contributed by atoms with Gasteiger partial charge in [-0.3, -0.25) is 0 Å². The molecule has 0 fully saturated rings. The number of ether oxygens (including phenoxy) is 1.